The zero-order valence-corrected chi connectivity index (χ0v) is 20.5. The Bertz CT molecular complexity index is 1060. The molecule has 0 N–H and O–H groups in total. The van der Waals surface area contributed by atoms with Crippen LogP contribution in [0.15, 0.2) is 0 Å². The highest BCUT2D eigenvalue weighted by atomic mass is 32.3. The predicted molar refractivity (Wildman–Crippen MR) is 96.2 cm³/mol. The Hall–Kier alpha value is -1.04. The van der Waals surface area contributed by atoms with E-state index in [2.05, 4.69) is 0 Å². The topological polar surface area (TPSA) is 137 Å². The summed E-state index contributed by atoms with van der Waals surface area (Å²) in [6.45, 7) is -1.87. The van der Waals surface area contributed by atoms with Gasteiger partial charge in [0.2, 0.25) is 8.16 Å². The molecule has 0 rings (SSSR count). The standard InChI is InChI=1S/C12H14F12O8S4/c1-7(33(25,26)3-9(13,14)15,34(27,28)4-10(16,17)18)8(2,35(29,30)5-11(19,20)21)36(31,32)6-12(22,23)24/h3-6H2,1-2H3. The molecule has 36 heavy (non-hydrogen) atoms. The van der Waals surface area contributed by atoms with Crippen molar-refractivity contribution in [2.45, 2.75) is 46.7 Å². The Kier molecular flexibility index (Phi) is 9.04. The minimum absolute atomic E-state index is 0.934. The molecular formula is C12H14F12O8S4. The lowest BCUT2D eigenvalue weighted by atomic mass is 10.3. The Balaban J connectivity index is 8.32. The van der Waals surface area contributed by atoms with Crippen molar-refractivity contribution in [3.63, 3.8) is 0 Å². The monoisotopic (exact) mass is 642 g/mol. The van der Waals surface area contributed by atoms with Gasteiger partial charge >= 0.3 is 24.7 Å². The van der Waals surface area contributed by atoms with Crippen LogP contribution >= 0.6 is 0 Å². The SMILES string of the molecule is CC(C(C)(S(=O)(=O)CC(F)(F)F)S(=O)(=O)CC(F)(F)F)(S(=O)(=O)CC(F)(F)F)S(=O)(=O)CC(F)(F)F. The highest BCUT2D eigenvalue weighted by Gasteiger charge is 2.76. The molecule has 0 saturated heterocycles. The Morgan fingerprint density at radius 3 is 0.556 bits per heavy atom. The Morgan fingerprint density at radius 1 is 0.361 bits per heavy atom. The fourth-order valence-electron chi connectivity index (χ4n) is 2.93. The fraction of sp³-hybridized carbons (Fsp3) is 1.00. The zero-order valence-electron chi connectivity index (χ0n) is 17.3. The first-order chi connectivity index (χ1) is 15.1. The first kappa shape index (κ1) is 35.0. The van der Waals surface area contributed by atoms with Crippen molar-refractivity contribution >= 4 is 39.3 Å². The van der Waals surface area contributed by atoms with Crippen molar-refractivity contribution in [1.29, 1.82) is 0 Å². The summed E-state index contributed by atoms with van der Waals surface area (Å²) < 4.78 is 243. The Labute approximate surface area is 195 Å². The molecule has 0 spiro atoms. The molecule has 0 radical (unpaired) electrons. The molecule has 0 aromatic rings. The van der Waals surface area contributed by atoms with Crippen molar-refractivity contribution < 1.29 is 86.4 Å². The van der Waals surface area contributed by atoms with E-state index in [1.807, 2.05) is 0 Å². The van der Waals surface area contributed by atoms with Gasteiger partial charge in [-0.3, -0.25) is 0 Å². The van der Waals surface area contributed by atoms with Crippen LogP contribution in [-0.4, -0.2) is 89.5 Å². The van der Waals surface area contributed by atoms with Crippen LogP contribution in [-0.2, 0) is 39.3 Å². The fourth-order valence-corrected chi connectivity index (χ4v) is 14.9. The zero-order chi connectivity index (χ0) is 29.8. The van der Waals surface area contributed by atoms with Gasteiger partial charge in [-0.15, -0.1) is 0 Å². The Morgan fingerprint density at radius 2 is 0.472 bits per heavy atom. The third-order valence-corrected chi connectivity index (χ3v) is 17.4. The van der Waals surface area contributed by atoms with E-state index in [1.54, 1.807) is 0 Å². The first-order valence-electron chi connectivity index (χ1n) is 8.24. The van der Waals surface area contributed by atoms with E-state index in [9.17, 15) is 86.4 Å². The van der Waals surface area contributed by atoms with Crippen LogP contribution in [0.5, 0.6) is 0 Å². The maximum Gasteiger partial charge on any atom is 0.402 e. The lowest BCUT2D eigenvalue weighted by Crippen LogP contribution is -2.70. The maximum absolute atomic E-state index is 12.9. The molecule has 0 bridgehead atoms. The van der Waals surface area contributed by atoms with Gasteiger partial charge < -0.3 is 0 Å². The number of halogens is 12. The molecule has 8 nitrogen and oxygen atoms in total. The van der Waals surface area contributed by atoms with Crippen LogP contribution < -0.4 is 0 Å². The van der Waals surface area contributed by atoms with Crippen LogP contribution in [0.25, 0.3) is 0 Å². The van der Waals surface area contributed by atoms with Crippen LogP contribution in [0.2, 0.25) is 0 Å². The lowest BCUT2D eigenvalue weighted by molar-refractivity contribution is -0.108. The summed E-state index contributed by atoms with van der Waals surface area (Å²) in [6, 6.07) is 0. The number of sulfone groups is 4. The van der Waals surface area contributed by atoms with Gasteiger partial charge in [0, 0.05) is 0 Å². The van der Waals surface area contributed by atoms with E-state index >= 15 is 0 Å². The number of rotatable bonds is 9. The van der Waals surface area contributed by atoms with Gasteiger partial charge in [-0.25, -0.2) is 33.7 Å². The number of hydrogen-bond donors (Lipinski definition) is 0. The number of alkyl halides is 12. The van der Waals surface area contributed by atoms with E-state index in [-0.39, 0.29) is 0 Å². The molecule has 0 fully saturated rings. The molecular weight excluding hydrogens is 628 g/mol. The third-order valence-electron chi connectivity index (χ3n) is 4.61. The summed E-state index contributed by atoms with van der Waals surface area (Å²) in [5, 5.41) is 0. The molecule has 0 aliphatic carbocycles. The molecule has 0 atom stereocenters. The molecule has 0 aliphatic heterocycles. The number of hydrogen-bond acceptors (Lipinski definition) is 8. The first-order valence-corrected chi connectivity index (χ1v) is 14.8. The molecule has 0 amide bonds. The van der Waals surface area contributed by atoms with Gasteiger partial charge in [0.1, 0.15) is 23.0 Å². The van der Waals surface area contributed by atoms with Crippen LogP contribution in [0.3, 0.4) is 0 Å². The van der Waals surface area contributed by atoms with Crippen molar-refractivity contribution in [3.05, 3.63) is 0 Å². The highest BCUT2D eigenvalue weighted by Crippen LogP contribution is 2.50. The van der Waals surface area contributed by atoms with Crippen molar-refractivity contribution in [2.24, 2.45) is 0 Å². The average Bonchev–Trinajstić information content (AvgIpc) is 2.42. The maximum atomic E-state index is 12.9. The molecule has 0 unspecified atom stereocenters. The van der Waals surface area contributed by atoms with Crippen LogP contribution in [0.1, 0.15) is 13.8 Å². The summed E-state index contributed by atoms with van der Waals surface area (Å²) in [4.78, 5) is 0. The minimum Gasteiger partial charge on any atom is -0.227 e. The van der Waals surface area contributed by atoms with E-state index in [0.717, 1.165) is 0 Å². The van der Waals surface area contributed by atoms with Gasteiger partial charge in [0.25, 0.3) is 0 Å². The molecule has 24 heteroatoms. The van der Waals surface area contributed by atoms with E-state index < -0.39 is 109 Å². The predicted octanol–water partition coefficient (Wildman–Crippen LogP) is 2.33. The van der Waals surface area contributed by atoms with Crippen LogP contribution in [0, 0.1) is 0 Å². The molecule has 0 aromatic heterocycles. The second kappa shape index (κ2) is 9.31. The quantitative estimate of drug-likeness (QED) is 0.350. The minimum atomic E-state index is -7.25. The van der Waals surface area contributed by atoms with Crippen molar-refractivity contribution in [3.8, 4) is 0 Å². The summed E-state index contributed by atoms with van der Waals surface area (Å²) in [6.07, 6.45) is -24.8. The van der Waals surface area contributed by atoms with Gasteiger partial charge in [-0.1, -0.05) is 0 Å². The molecule has 0 saturated carbocycles. The largest absolute Gasteiger partial charge is 0.402 e. The highest BCUT2D eigenvalue weighted by molar-refractivity contribution is 8.17. The molecule has 218 valence electrons. The molecule has 0 heterocycles. The van der Waals surface area contributed by atoms with E-state index in [4.69, 9.17) is 0 Å². The second-order valence-electron chi connectivity index (χ2n) is 7.39. The summed E-state index contributed by atoms with van der Waals surface area (Å²) >= 11 is 0. The van der Waals surface area contributed by atoms with Gasteiger partial charge in [-0.05, 0) is 13.8 Å². The van der Waals surface area contributed by atoms with Crippen LogP contribution in [0.4, 0.5) is 52.7 Å². The van der Waals surface area contributed by atoms with Gasteiger partial charge in [0.05, 0.1) is 0 Å². The normalized spacial score (nSPS) is 16.3. The molecule has 0 aliphatic rings. The smallest absolute Gasteiger partial charge is 0.227 e. The molecule has 0 aromatic carbocycles. The van der Waals surface area contributed by atoms with E-state index in [1.165, 1.54) is 0 Å². The van der Waals surface area contributed by atoms with Crippen molar-refractivity contribution in [1.82, 2.24) is 0 Å². The summed E-state index contributed by atoms with van der Waals surface area (Å²) in [5.74, 6) is -14.6. The average molecular weight is 642 g/mol. The van der Waals surface area contributed by atoms with E-state index in [0.29, 0.717) is 0 Å². The van der Waals surface area contributed by atoms with Crippen molar-refractivity contribution in [2.75, 3.05) is 23.0 Å². The third kappa shape index (κ3) is 7.29. The second-order valence-corrected chi connectivity index (χ2v) is 17.2. The van der Waals surface area contributed by atoms with Gasteiger partial charge in [-0.2, -0.15) is 52.7 Å². The van der Waals surface area contributed by atoms with Gasteiger partial charge in [0.15, 0.2) is 39.3 Å². The summed E-state index contributed by atoms with van der Waals surface area (Å²) in [7, 11) is -29.0. The lowest BCUT2D eigenvalue weighted by Gasteiger charge is -2.43. The summed E-state index contributed by atoms with van der Waals surface area (Å²) in [5.41, 5.74) is 0.